The van der Waals surface area contributed by atoms with Crippen molar-refractivity contribution in [1.82, 2.24) is 0 Å². The van der Waals surface area contributed by atoms with Gasteiger partial charge in [0, 0.05) is 18.0 Å². The topological polar surface area (TPSA) is 35.2 Å². The van der Waals surface area contributed by atoms with Gasteiger partial charge in [-0.15, -0.1) is 0 Å². The van der Waals surface area contributed by atoms with Crippen molar-refractivity contribution in [1.29, 1.82) is 0 Å². The maximum absolute atomic E-state index is 13.9. The third kappa shape index (κ3) is 3.81. The van der Waals surface area contributed by atoms with Crippen LogP contribution in [0.1, 0.15) is 23.6 Å². The minimum absolute atomic E-state index is 0.296. The van der Waals surface area contributed by atoms with Crippen molar-refractivity contribution in [2.45, 2.75) is 19.4 Å². The Hall–Kier alpha value is -1.39. The van der Waals surface area contributed by atoms with Gasteiger partial charge in [0.05, 0.1) is 11.1 Å². The first-order chi connectivity index (χ1) is 9.58. The molecule has 2 N–H and O–H groups in total. The van der Waals surface area contributed by atoms with Crippen molar-refractivity contribution < 1.29 is 9.13 Å². The van der Waals surface area contributed by atoms with Crippen LogP contribution < -0.4 is 10.5 Å². The van der Waals surface area contributed by atoms with Crippen LogP contribution in [0.4, 0.5) is 4.39 Å². The minimum Gasteiger partial charge on any atom is -0.494 e. The third-order valence-corrected chi connectivity index (χ3v) is 3.68. The second kappa shape index (κ2) is 6.86. The molecule has 0 aliphatic carbocycles. The summed E-state index contributed by atoms with van der Waals surface area (Å²) in [6.45, 7) is 2.46. The molecule has 0 aliphatic heterocycles. The molecule has 0 spiro atoms. The number of nitrogens with two attached hydrogens (primary N) is 1. The van der Waals surface area contributed by atoms with Gasteiger partial charge in [0.25, 0.3) is 0 Å². The zero-order chi connectivity index (χ0) is 14.5. The highest BCUT2D eigenvalue weighted by molar-refractivity contribution is 9.10. The first kappa shape index (κ1) is 15.0. The Morgan fingerprint density at radius 1 is 1.25 bits per heavy atom. The number of benzene rings is 2. The summed E-state index contributed by atoms with van der Waals surface area (Å²) in [5.74, 6) is 0.516. The fourth-order valence-electron chi connectivity index (χ4n) is 1.97. The van der Waals surface area contributed by atoms with Crippen LogP contribution in [0.25, 0.3) is 0 Å². The van der Waals surface area contributed by atoms with E-state index in [1.807, 2.05) is 31.2 Å². The molecule has 0 aliphatic rings. The van der Waals surface area contributed by atoms with Gasteiger partial charge in [-0.05, 0) is 46.6 Å². The van der Waals surface area contributed by atoms with Gasteiger partial charge < -0.3 is 10.5 Å². The summed E-state index contributed by atoms with van der Waals surface area (Å²) < 4.78 is 20.0. The normalized spacial score (nSPS) is 12.2. The predicted octanol–water partition coefficient (Wildman–Crippen LogP) is 4.37. The fourth-order valence-corrected chi connectivity index (χ4v) is 2.35. The largest absolute Gasteiger partial charge is 0.494 e. The lowest BCUT2D eigenvalue weighted by molar-refractivity contribution is 0.297. The predicted molar refractivity (Wildman–Crippen MR) is 82.3 cm³/mol. The molecule has 0 fully saturated rings. The van der Waals surface area contributed by atoms with Gasteiger partial charge in [-0.3, -0.25) is 0 Å². The number of aryl methyl sites for hydroxylation is 1. The molecule has 0 bridgehead atoms. The van der Waals surface area contributed by atoms with E-state index in [0.717, 1.165) is 11.3 Å². The molecule has 4 heteroatoms. The highest BCUT2D eigenvalue weighted by Crippen LogP contribution is 2.24. The molecule has 0 amide bonds. The average molecular weight is 338 g/mol. The van der Waals surface area contributed by atoms with Crippen molar-refractivity contribution in [3.63, 3.8) is 0 Å². The molecule has 1 atom stereocenters. The van der Waals surface area contributed by atoms with Crippen molar-refractivity contribution in [2.24, 2.45) is 5.73 Å². The van der Waals surface area contributed by atoms with E-state index in [9.17, 15) is 4.39 Å². The molecule has 0 aromatic heterocycles. The number of ether oxygens (including phenoxy) is 1. The van der Waals surface area contributed by atoms with Crippen LogP contribution in [0.2, 0.25) is 0 Å². The quantitative estimate of drug-likeness (QED) is 0.879. The Kier molecular flexibility index (Phi) is 5.15. The molecular formula is C16H17BrFNO. The van der Waals surface area contributed by atoms with Crippen LogP contribution in [-0.4, -0.2) is 6.61 Å². The second-order valence-electron chi connectivity index (χ2n) is 4.70. The summed E-state index contributed by atoms with van der Waals surface area (Å²) in [5, 5.41) is 0. The van der Waals surface area contributed by atoms with Crippen molar-refractivity contribution in [3.05, 3.63) is 63.9 Å². The molecule has 0 saturated carbocycles. The summed E-state index contributed by atoms with van der Waals surface area (Å²) in [7, 11) is 0. The second-order valence-corrected chi connectivity index (χ2v) is 5.56. The smallest absolute Gasteiger partial charge is 0.142 e. The van der Waals surface area contributed by atoms with Gasteiger partial charge in [-0.1, -0.05) is 24.3 Å². The van der Waals surface area contributed by atoms with Gasteiger partial charge in [-0.2, -0.15) is 0 Å². The maximum atomic E-state index is 13.9. The number of halogens is 2. The van der Waals surface area contributed by atoms with E-state index in [2.05, 4.69) is 15.9 Å². The number of hydrogen-bond acceptors (Lipinski definition) is 2. The molecule has 106 valence electrons. The summed E-state index contributed by atoms with van der Waals surface area (Å²) in [5.41, 5.74) is 7.67. The Balaban J connectivity index is 1.92. The van der Waals surface area contributed by atoms with Crippen molar-refractivity contribution in [3.8, 4) is 5.75 Å². The van der Waals surface area contributed by atoms with E-state index >= 15 is 0 Å². The zero-order valence-corrected chi connectivity index (χ0v) is 12.9. The molecule has 0 heterocycles. The van der Waals surface area contributed by atoms with Gasteiger partial charge in [0.15, 0.2) is 0 Å². The summed E-state index contributed by atoms with van der Waals surface area (Å²) in [4.78, 5) is 0. The molecule has 1 unspecified atom stereocenters. The zero-order valence-electron chi connectivity index (χ0n) is 11.3. The molecule has 2 aromatic rings. The highest BCUT2D eigenvalue weighted by Gasteiger charge is 2.13. The Labute approximate surface area is 126 Å². The van der Waals surface area contributed by atoms with Crippen molar-refractivity contribution in [2.75, 3.05) is 6.61 Å². The standard InChI is InChI=1S/C16H17BrFNO/c1-11-4-2-5-12(10-11)20-9-8-15(19)13-6-3-7-14(17)16(13)18/h2-7,10,15H,8-9,19H2,1H3. The van der Waals surface area contributed by atoms with Crippen LogP contribution in [0.5, 0.6) is 5.75 Å². The van der Waals surface area contributed by atoms with Crippen LogP contribution in [-0.2, 0) is 0 Å². The van der Waals surface area contributed by atoms with Gasteiger partial charge in [0.1, 0.15) is 11.6 Å². The summed E-state index contributed by atoms with van der Waals surface area (Å²) in [6, 6.07) is 12.6. The molecule has 2 aromatic carbocycles. The van der Waals surface area contributed by atoms with Crippen LogP contribution in [0.3, 0.4) is 0 Å². The SMILES string of the molecule is Cc1cccc(OCCC(N)c2cccc(Br)c2F)c1. The van der Waals surface area contributed by atoms with E-state index in [4.69, 9.17) is 10.5 Å². The summed E-state index contributed by atoms with van der Waals surface area (Å²) >= 11 is 3.17. The Bertz CT molecular complexity index is 588. The van der Waals surface area contributed by atoms with Gasteiger partial charge in [0.2, 0.25) is 0 Å². The molecule has 20 heavy (non-hydrogen) atoms. The van der Waals surface area contributed by atoms with E-state index in [1.165, 1.54) is 0 Å². The maximum Gasteiger partial charge on any atom is 0.142 e. The molecule has 2 rings (SSSR count). The van der Waals surface area contributed by atoms with E-state index in [0.29, 0.717) is 23.1 Å². The Morgan fingerprint density at radius 3 is 2.75 bits per heavy atom. The van der Waals surface area contributed by atoms with Crippen LogP contribution in [0, 0.1) is 12.7 Å². The third-order valence-electron chi connectivity index (χ3n) is 3.07. The van der Waals surface area contributed by atoms with E-state index in [-0.39, 0.29) is 11.9 Å². The minimum atomic E-state index is -0.377. The lowest BCUT2D eigenvalue weighted by Gasteiger charge is -2.14. The monoisotopic (exact) mass is 337 g/mol. The van der Waals surface area contributed by atoms with Crippen LogP contribution >= 0.6 is 15.9 Å². The van der Waals surface area contributed by atoms with Gasteiger partial charge in [-0.25, -0.2) is 4.39 Å². The molecule has 0 saturated heterocycles. The van der Waals surface area contributed by atoms with Crippen LogP contribution in [0.15, 0.2) is 46.9 Å². The fraction of sp³-hybridized carbons (Fsp3) is 0.250. The first-order valence-corrected chi connectivity index (χ1v) is 7.26. The first-order valence-electron chi connectivity index (χ1n) is 6.47. The Morgan fingerprint density at radius 2 is 2.00 bits per heavy atom. The average Bonchev–Trinajstić information content (AvgIpc) is 2.42. The lowest BCUT2D eigenvalue weighted by Crippen LogP contribution is -2.15. The van der Waals surface area contributed by atoms with Crippen molar-refractivity contribution >= 4 is 15.9 Å². The molecule has 2 nitrogen and oxygen atoms in total. The van der Waals surface area contributed by atoms with E-state index < -0.39 is 0 Å². The van der Waals surface area contributed by atoms with E-state index in [1.54, 1.807) is 18.2 Å². The summed E-state index contributed by atoms with van der Waals surface area (Å²) in [6.07, 6.45) is 0.557. The number of rotatable bonds is 5. The molecule has 0 radical (unpaired) electrons. The number of hydrogen-bond donors (Lipinski definition) is 1. The van der Waals surface area contributed by atoms with Gasteiger partial charge >= 0.3 is 0 Å². The highest BCUT2D eigenvalue weighted by atomic mass is 79.9. The molecular weight excluding hydrogens is 321 g/mol. The lowest BCUT2D eigenvalue weighted by atomic mass is 10.0.